The van der Waals surface area contributed by atoms with Crippen LogP contribution >= 0.6 is 0 Å². The summed E-state index contributed by atoms with van der Waals surface area (Å²) in [5.41, 5.74) is 1.82. The van der Waals surface area contributed by atoms with Gasteiger partial charge in [-0.1, -0.05) is 37.3 Å². The molecule has 4 aromatic rings. The minimum Gasteiger partial charge on any atom is -0.342 e. The van der Waals surface area contributed by atoms with E-state index >= 15 is 0 Å². The number of aromatic nitrogens is 7. The van der Waals surface area contributed by atoms with Crippen LogP contribution in [0.4, 0.5) is 5.82 Å². The summed E-state index contributed by atoms with van der Waals surface area (Å²) in [5, 5.41) is 9.03. The van der Waals surface area contributed by atoms with Gasteiger partial charge < -0.3 is 4.90 Å². The maximum absolute atomic E-state index is 5.10. The lowest BCUT2D eigenvalue weighted by Gasteiger charge is -2.49. The van der Waals surface area contributed by atoms with Crippen LogP contribution in [-0.4, -0.2) is 40.8 Å². The standard InChI is InChI=1S/C23H24N8/c1-3-23-11-7-8-13-30(23)20-18(31-16(2)27-28-21(23)31)15-25-22(26-20)29-14-12-24-19(29)17-9-5-4-6-10-17/h4-6,9-10,12,14-15H,3,7-8,11,13H2,1-2H3. The molecule has 2 aliphatic heterocycles. The van der Waals surface area contributed by atoms with E-state index in [1.54, 1.807) is 6.20 Å². The van der Waals surface area contributed by atoms with Gasteiger partial charge in [-0.05, 0) is 32.6 Å². The molecule has 1 aromatic carbocycles. The fraction of sp³-hybridized carbons (Fsp3) is 0.348. The van der Waals surface area contributed by atoms with Crippen molar-refractivity contribution in [3.8, 4) is 23.0 Å². The van der Waals surface area contributed by atoms with Gasteiger partial charge in [0.05, 0.1) is 6.20 Å². The summed E-state index contributed by atoms with van der Waals surface area (Å²) in [6.45, 7) is 5.20. The highest BCUT2D eigenvalue weighted by atomic mass is 15.4. The molecule has 6 rings (SSSR count). The zero-order chi connectivity index (χ0) is 21.0. The van der Waals surface area contributed by atoms with Crippen LogP contribution in [0.2, 0.25) is 0 Å². The smallest absolute Gasteiger partial charge is 0.237 e. The van der Waals surface area contributed by atoms with Crippen molar-refractivity contribution in [1.82, 2.24) is 34.3 Å². The van der Waals surface area contributed by atoms with Crippen molar-refractivity contribution in [2.24, 2.45) is 0 Å². The number of aryl methyl sites for hydroxylation is 1. The molecule has 31 heavy (non-hydrogen) atoms. The second-order valence-electron chi connectivity index (χ2n) is 8.27. The predicted octanol–water partition coefficient (Wildman–Crippen LogP) is 3.83. The zero-order valence-electron chi connectivity index (χ0n) is 17.7. The molecule has 0 aliphatic carbocycles. The average Bonchev–Trinajstić information content (AvgIpc) is 3.47. The van der Waals surface area contributed by atoms with Crippen molar-refractivity contribution >= 4 is 5.82 Å². The van der Waals surface area contributed by atoms with Gasteiger partial charge in [-0.3, -0.25) is 9.13 Å². The third-order valence-electron chi connectivity index (χ3n) is 6.69. The third kappa shape index (κ3) is 2.50. The third-order valence-corrected chi connectivity index (χ3v) is 6.69. The van der Waals surface area contributed by atoms with Crippen LogP contribution in [0.15, 0.2) is 48.9 Å². The lowest BCUT2D eigenvalue weighted by molar-refractivity contribution is 0.274. The van der Waals surface area contributed by atoms with Crippen LogP contribution in [0.1, 0.15) is 44.3 Å². The SMILES string of the molecule is CCC12CCCCN1c1nc(-n3ccnc3-c3ccccc3)ncc1-n1c(C)nnc12. The minimum absolute atomic E-state index is 0.171. The Morgan fingerprint density at radius 1 is 1.06 bits per heavy atom. The molecule has 1 fully saturated rings. The van der Waals surface area contributed by atoms with E-state index in [0.29, 0.717) is 5.95 Å². The van der Waals surface area contributed by atoms with E-state index in [1.807, 2.05) is 42.1 Å². The van der Waals surface area contributed by atoms with E-state index in [0.717, 1.165) is 60.3 Å². The number of fused-ring (bicyclic) bond motifs is 6. The number of piperidine rings is 1. The maximum atomic E-state index is 5.10. The first-order valence-corrected chi connectivity index (χ1v) is 10.9. The Morgan fingerprint density at radius 3 is 2.77 bits per heavy atom. The van der Waals surface area contributed by atoms with Crippen molar-refractivity contribution < 1.29 is 0 Å². The van der Waals surface area contributed by atoms with E-state index in [4.69, 9.17) is 9.97 Å². The van der Waals surface area contributed by atoms with Crippen molar-refractivity contribution in [3.63, 3.8) is 0 Å². The Morgan fingerprint density at radius 2 is 1.94 bits per heavy atom. The molecule has 2 aliphatic rings. The Labute approximate surface area is 180 Å². The molecule has 0 radical (unpaired) electrons. The van der Waals surface area contributed by atoms with Crippen LogP contribution in [0.3, 0.4) is 0 Å². The summed E-state index contributed by atoms with van der Waals surface area (Å²) in [4.78, 5) is 16.9. The van der Waals surface area contributed by atoms with Gasteiger partial charge in [0, 0.05) is 24.5 Å². The van der Waals surface area contributed by atoms with E-state index in [9.17, 15) is 0 Å². The molecular weight excluding hydrogens is 388 g/mol. The molecule has 1 saturated heterocycles. The number of hydrogen-bond acceptors (Lipinski definition) is 6. The largest absolute Gasteiger partial charge is 0.342 e. The maximum Gasteiger partial charge on any atom is 0.237 e. The molecule has 5 heterocycles. The molecule has 0 amide bonds. The molecular formula is C23H24N8. The molecule has 1 atom stereocenters. The fourth-order valence-corrected chi connectivity index (χ4v) is 5.15. The normalized spacial score (nSPS) is 19.6. The predicted molar refractivity (Wildman–Crippen MR) is 117 cm³/mol. The summed E-state index contributed by atoms with van der Waals surface area (Å²) in [5.74, 6) is 4.30. The van der Waals surface area contributed by atoms with E-state index < -0.39 is 0 Å². The lowest BCUT2D eigenvalue weighted by atomic mass is 9.82. The number of imidazole rings is 1. The lowest BCUT2D eigenvalue weighted by Crippen LogP contribution is -2.54. The first kappa shape index (κ1) is 18.2. The van der Waals surface area contributed by atoms with Gasteiger partial charge in [0.25, 0.3) is 0 Å². The Bertz CT molecular complexity index is 1260. The number of benzene rings is 1. The summed E-state index contributed by atoms with van der Waals surface area (Å²) in [6.07, 6.45) is 9.97. The van der Waals surface area contributed by atoms with Crippen LogP contribution in [0.25, 0.3) is 23.0 Å². The second-order valence-corrected chi connectivity index (χ2v) is 8.27. The van der Waals surface area contributed by atoms with Gasteiger partial charge in [0.2, 0.25) is 5.95 Å². The van der Waals surface area contributed by atoms with Gasteiger partial charge in [-0.25, -0.2) is 9.97 Å². The molecule has 1 unspecified atom stereocenters. The quantitative estimate of drug-likeness (QED) is 0.509. The summed E-state index contributed by atoms with van der Waals surface area (Å²) in [6, 6.07) is 10.1. The van der Waals surface area contributed by atoms with Crippen LogP contribution in [0, 0.1) is 6.92 Å². The Balaban J connectivity index is 1.55. The molecule has 0 spiro atoms. The average molecular weight is 413 g/mol. The van der Waals surface area contributed by atoms with Crippen LogP contribution in [-0.2, 0) is 5.54 Å². The van der Waals surface area contributed by atoms with Gasteiger partial charge >= 0.3 is 0 Å². The number of nitrogens with zero attached hydrogens (tertiary/aromatic N) is 8. The van der Waals surface area contributed by atoms with Crippen molar-refractivity contribution in [1.29, 1.82) is 0 Å². The van der Waals surface area contributed by atoms with Crippen LogP contribution in [0.5, 0.6) is 0 Å². The van der Waals surface area contributed by atoms with Crippen molar-refractivity contribution in [2.45, 2.75) is 45.1 Å². The Hall–Kier alpha value is -3.55. The number of hydrogen-bond donors (Lipinski definition) is 0. The highest BCUT2D eigenvalue weighted by Crippen LogP contribution is 2.48. The van der Waals surface area contributed by atoms with E-state index in [2.05, 4.69) is 43.7 Å². The molecule has 3 aromatic heterocycles. The van der Waals surface area contributed by atoms with Gasteiger partial charge in [0.15, 0.2) is 11.6 Å². The highest BCUT2D eigenvalue weighted by Gasteiger charge is 2.48. The van der Waals surface area contributed by atoms with Gasteiger partial charge in [0.1, 0.15) is 22.9 Å². The topological polar surface area (TPSA) is 77.5 Å². The second kappa shape index (κ2) is 6.73. The molecule has 0 bridgehead atoms. The summed E-state index contributed by atoms with van der Waals surface area (Å²) in [7, 11) is 0. The van der Waals surface area contributed by atoms with Gasteiger partial charge in [-0.15, -0.1) is 10.2 Å². The molecule has 8 nitrogen and oxygen atoms in total. The molecule has 0 saturated carbocycles. The van der Waals surface area contributed by atoms with Crippen molar-refractivity contribution in [2.75, 3.05) is 11.4 Å². The summed E-state index contributed by atoms with van der Waals surface area (Å²) >= 11 is 0. The number of rotatable bonds is 3. The van der Waals surface area contributed by atoms with Crippen molar-refractivity contribution in [3.05, 3.63) is 60.6 Å². The number of anilines is 1. The highest BCUT2D eigenvalue weighted by molar-refractivity contribution is 5.65. The Kier molecular flexibility index (Phi) is 3.96. The first-order valence-electron chi connectivity index (χ1n) is 10.9. The molecule has 0 N–H and O–H groups in total. The molecule has 156 valence electrons. The molecule has 8 heteroatoms. The minimum atomic E-state index is -0.171. The fourth-order valence-electron chi connectivity index (χ4n) is 5.15. The zero-order valence-corrected chi connectivity index (χ0v) is 17.7. The van der Waals surface area contributed by atoms with Crippen LogP contribution < -0.4 is 4.90 Å². The van der Waals surface area contributed by atoms with Gasteiger partial charge in [-0.2, -0.15) is 4.98 Å². The summed E-state index contributed by atoms with van der Waals surface area (Å²) < 4.78 is 4.11. The van der Waals surface area contributed by atoms with E-state index in [-0.39, 0.29) is 5.54 Å². The van der Waals surface area contributed by atoms with E-state index in [1.165, 1.54) is 6.42 Å². The monoisotopic (exact) mass is 412 g/mol. The first-order chi connectivity index (χ1) is 15.2.